The zero-order chi connectivity index (χ0) is 24.0. The summed E-state index contributed by atoms with van der Waals surface area (Å²) in [7, 11) is 0. The Morgan fingerprint density at radius 1 is 0.882 bits per heavy atom. The van der Waals surface area contributed by atoms with Crippen LogP contribution >= 0.6 is 0 Å². The fourth-order valence-electron chi connectivity index (χ4n) is 4.33. The minimum atomic E-state index is -0.687. The minimum absolute atomic E-state index is 0.446. The Morgan fingerprint density at radius 2 is 1.53 bits per heavy atom. The lowest BCUT2D eigenvalue weighted by Crippen LogP contribution is -2.09. The topological polar surface area (TPSA) is 61.3 Å². The number of unbranched alkanes of at least 4 members (excludes halogenated alkanes) is 8. The van der Waals surface area contributed by atoms with Gasteiger partial charge in [0.05, 0.1) is 0 Å². The number of hydrogen-bond acceptors (Lipinski definition) is 5. The van der Waals surface area contributed by atoms with Crippen molar-refractivity contribution in [3.05, 3.63) is 54.1 Å². The molecule has 3 rings (SSSR count). The normalized spacial score (nSPS) is 15.2. The van der Waals surface area contributed by atoms with Gasteiger partial charge in [0.1, 0.15) is 11.5 Å². The van der Waals surface area contributed by atoms with E-state index in [0.29, 0.717) is 23.3 Å². The predicted molar refractivity (Wildman–Crippen MR) is 137 cm³/mol. The molecule has 34 heavy (non-hydrogen) atoms. The average molecular weight is 465 g/mol. The molecule has 0 amide bonds. The third-order valence-corrected chi connectivity index (χ3v) is 6.51. The van der Waals surface area contributed by atoms with E-state index in [1.54, 1.807) is 12.1 Å². The summed E-state index contributed by atoms with van der Waals surface area (Å²) in [5.41, 5.74) is 2.07. The van der Waals surface area contributed by atoms with Crippen LogP contribution in [0, 0.1) is 5.92 Å². The van der Waals surface area contributed by atoms with E-state index in [0.717, 1.165) is 31.2 Å². The van der Waals surface area contributed by atoms with Gasteiger partial charge in [-0.15, -0.1) is 0 Å². The van der Waals surface area contributed by atoms with Crippen LogP contribution in [0.4, 0.5) is 4.79 Å². The lowest BCUT2D eigenvalue weighted by Gasteiger charge is -2.07. The Balaban J connectivity index is 1.37. The Morgan fingerprint density at radius 3 is 2.15 bits per heavy atom. The van der Waals surface area contributed by atoms with Gasteiger partial charge in [-0.25, -0.2) is 14.8 Å². The Kier molecular flexibility index (Phi) is 11.1. The second kappa shape index (κ2) is 14.5. The fourth-order valence-corrected chi connectivity index (χ4v) is 4.33. The van der Waals surface area contributed by atoms with Crippen LogP contribution in [0.5, 0.6) is 5.75 Å². The molecule has 1 aromatic carbocycles. The van der Waals surface area contributed by atoms with Gasteiger partial charge in [-0.3, -0.25) is 0 Å². The van der Waals surface area contributed by atoms with Crippen molar-refractivity contribution in [1.29, 1.82) is 0 Å². The number of carbonyl (C=O) groups excluding carboxylic acids is 1. The largest absolute Gasteiger partial charge is 0.519 e. The molecule has 0 N–H and O–H groups in total. The van der Waals surface area contributed by atoms with Crippen LogP contribution in [0.2, 0.25) is 0 Å². The van der Waals surface area contributed by atoms with Crippen molar-refractivity contribution in [1.82, 2.24) is 9.97 Å². The molecule has 5 heteroatoms. The van der Waals surface area contributed by atoms with E-state index in [1.165, 1.54) is 63.4 Å². The van der Waals surface area contributed by atoms with E-state index in [-0.39, 0.29) is 0 Å². The predicted octanol–water partition coefficient (Wildman–Crippen LogP) is 8.44. The molecule has 0 saturated heterocycles. The summed E-state index contributed by atoms with van der Waals surface area (Å²) in [5.74, 6) is 2.33. The van der Waals surface area contributed by atoms with Crippen LogP contribution in [0.25, 0.3) is 11.4 Å². The van der Waals surface area contributed by atoms with Crippen LogP contribution in [0.15, 0.2) is 48.5 Å². The molecule has 0 radical (unpaired) electrons. The fraction of sp³-hybridized carbons (Fsp3) is 0.552. The highest BCUT2D eigenvalue weighted by Gasteiger charge is 2.18. The molecule has 1 heterocycles. The molecule has 1 aliphatic rings. The molecule has 2 aromatic rings. The van der Waals surface area contributed by atoms with Crippen molar-refractivity contribution < 1.29 is 14.3 Å². The first-order chi connectivity index (χ1) is 16.7. The number of carbonyl (C=O) groups is 1. The molecule has 1 aliphatic carbocycles. The van der Waals surface area contributed by atoms with Crippen LogP contribution in [-0.4, -0.2) is 16.1 Å². The number of aromatic nitrogens is 2. The highest BCUT2D eigenvalue weighted by molar-refractivity contribution is 5.66. The molecule has 0 bridgehead atoms. The third kappa shape index (κ3) is 8.92. The van der Waals surface area contributed by atoms with Crippen molar-refractivity contribution >= 4 is 6.16 Å². The summed E-state index contributed by atoms with van der Waals surface area (Å²) < 4.78 is 10.6. The lowest BCUT2D eigenvalue weighted by molar-refractivity contribution is 0.124. The van der Waals surface area contributed by atoms with Crippen LogP contribution in [0.3, 0.4) is 0 Å². The Hall–Kier alpha value is -2.69. The maximum atomic E-state index is 12.0. The number of nitrogens with zero attached hydrogens (tertiary/aromatic N) is 2. The van der Waals surface area contributed by atoms with E-state index in [9.17, 15) is 4.79 Å². The van der Waals surface area contributed by atoms with E-state index in [4.69, 9.17) is 9.47 Å². The second-order valence-corrected chi connectivity index (χ2v) is 9.31. The molecule has 0 aliphatic heterocycles. The summed E-state index contributed by atoms with van der Waals surface area (Å²) in [6.07, 6.45) is 21.1. The maximum absolute atomic E-state index is 12.0. The minimum Gasteiger partial charge on any atom is -0.400 e. The highest BCUT2D eigenvalue weighted by atomic mass is 16.7. The summed E-state index contributed by atoms with van der Waals surface area (Å²) in [4.78, 5) is 21.1. The highest BCUT2D eigenvalue weighted by Crippen LogP contribution is 2.27. The Bertz CT molecular complexity index is 891. The molecular formula is C29H40N2O3. The first kappa shape index (κ1) is 25.9. The molecule has 0 fully saturated rings. The third-order valence-electron chi connectivity index (χ3n) is 6.51. The van der Waals surface area contributed by atoms with Gasteiger partial charge in [-0.05, 0) is 67.5 Å². The molecule has 1 unspecified atom stereocenters. The molecule has 184 valence electrons. The van der Waals surface area contributed by atoms with Crippen molar-refractivity contribution in [2.24, 2.45) is 5.92 Å². The van der Waals surface area contributed by atoms with Crippen LogP contribution in [0.1, 0.15) is 96.5 Å². The van der Waals surface area contributed by atoms with Gasteiger partial charge >= 0.3 is 6.16 Å². The SMILES string of the molecule is CCCCCCCCCCCc1cnc(-c2ccc(OC(=O)OC3=CC(CC)CC3)cc2)nc1. The van der Waals surface area contributed by atoms with Gasteiger partial charge in [0, 0.05) is 24.4 Å². The average Bonchev–Trinajstić information content (AvgIpc) is 3.31. The second-order valence-electron chi connectivity index (χ2n) is 9.31. The summed E-state index contributed by atoms with van der Waals surface area (Å²) in [6.45, 7) is 4.40. The van der Waals surface area contributed by atoms with Gasteiger partial charge in [0.15, 0.2) is 5.82 Å². The van der Waals surface area contributed by atoms with Gasteiger partial charge in [-0.1, -0.05) is 65.2 Å². The van der Waals surface area contributed by atoms with Crippen LogP contribution < -0.4 is 4.74 Å². The van der Waals surface area contributed by atoms with Crippen molar-refractivity contribution in [2.45, 2.75) is 97.3 Å². The molecule has 0 spiro atoms. The van der Waals surface area contributed by atoms with E-state index < -0.39 is 6.16 Å². The number of aryl methyl sites for hydroxylation is 1. The Labute approximate surface area is 205 Å². The van der Waals surface area contributed by atoms with Gasteiger partial charge in [0.25, 0.3) is 0 Å². The smallest absolute Gasteiger partial charge is 0.400 e. The maximum Gasteiger partial charge on any atom is 0.519 e. The number of allylic oxidation sites excluding steroid dienone is 2. The number of rotatable bonds is 14. The summed E-state index contributed by atoms with van der Waals surface area (Å²) in [5, 5.41) is 0. The van der Waals surface area contributed by atoms with E-state index in [2.05, 4.69) is 23.8 Å². The zero-order valence-corrected chi connectivity index (χ0v) is 20.9. The molecule has 1 atom stereocenters. The molecular weight excluding hydrogens is 424 g/mol. The monoisotopic (exact) mass is 464 g/mol. The van der Waals surface area contributed by atoms with Crippen molar-refractivity contribution in [3.63, 3.8) is 0 Å². The van der Waals surface area contributed by atoms with Crippen LogP contribution in [-0.2, 0) is 11.2 Å². The molecule has 5 nitrogen and oxygen atoms in total. The lowest BCUT2D eigenvalue weighted by atomic mass is 10.1. The van der Waals surface area contributed by atoms with Crippen molar-refractivity contribution in [2.75, 3.05) is 0 Å². The number of benzene rings is 1. The zero-order valence-electron chi connectivity index (χ0n) is 20.9. The van der Waals surface area contributed by atoms with Gasteiger partial charge in [0.2, 0.25) is 0 Å². The molecule has 1 aromatic heterocycles. The van der Waals surface area contributed by atoms with E-state index in [1.807, 2.05) is 30.6 Å². The first-order valence-corrected chi connectivity index (χ1v) is 13.2. The molecule has 0 saturated carbocycles. The number of hydrogen-bond donors (Lipinski definition) is 0. The standard InChI is InChI=1S/C29H40N2O3/c1-3-5-6-7-8-9-10-11-12-13-24-21-30-28(31-22-24)25-15-18-26(19-16-25)33-29(32)34-27-17-14-23(4-2)20-27/h15-16,18-23H,3-14,17H2,1-2H3. The first-order valence-electron chi connectivity index (χ1n) is 13.2. The van der Waals surface area contributed by atoms with Gasteiger partial charge in [-0.2, -0.15) is 0 Å². The quantitative estimate of drug-likeness (QED) is 0.159. The van der Waals surface area contributed by atoms with E-state index >= 15 is 0 Å². The number of ether oxygens (including phenoxy) is 2. The van der Waals surface area contributed by atoms with Gasteiger partial charge < -0.3 is 9.47 Å². The summed E-state index contributed by atoms with van der Waals surface area (Å²) >= 11 is 0. The van der Waals surface area contributed by atoms with Crippen molar-refractivity contribution in [3.8, 4) is 17.1 Å². The summed E-state index contributed by atoms with van der Waals surface area (Å²) in [6, 6.07) is 7.21.